The Hall–Kier alpha value is -2.98. The van der Waals surface area contributed by atoms with Crippen LogP contribution in [0.5, 0.6) is 0 Å². The molecule has 0 radical (unpaired) electrons. The first-order chi connectivity index (χ1) is 13.5. The predicted octanol–water partition coefficient (Wildman–Crippen LogP) is 4.34. The average Bonchev–Trinajstić information content (AvgIpc) is 2.72. The molecule has 4 nitrogen and oxygen atoms in total. The summed E-state index contributed by atoms with van der Waals surface area (Å²) in [7, 11) is 4.07. The molecule has 144 valence electrons. The maximum Gasteiger partial charge on any atom is 0.251 e. The number of carbonyl (C=O) groups excluding carboxylic acids is 1. The summed E-state index contributed by atoms with van der Waals surface area (Å²) in [6.45, 7) is 3.57. The minimum absolute atomic E-state index is 0.0612. The van der Waals surface area contributed by atoms with Gasteiger partial charge in [0.25, 0.3) is 5.91 Å². The average molecular weight is 374 g/mol. The molecule has 1 atom stereocenters. The molecule has 1 N–H and O–H groups in total. The second kappa shape index (κ2) is 9.29. The van der Waals surface area contributed by atoms with E-state index in [2.05, 4.69) is 40.3 Å². The first kappa shape index (κ1) is 19.8. The van der Waals surface area contributed by atoms with Crippen molar-refractivity contribution in [3.63, 3.8) is 0 Å². The molecule has 0 aliphatic heterocycles. The molecular formula is C24H27N3O. The number of carbonyl (C=O) groups is 1. The van der Waals surface area contributed by atoms with Crippen LogP contribution in [0.25, 0.3) is 11.3 Å². The van der Waals surface area contributed by atoms with Crippen LogP contribution in [0.1, 0.15) is 34.3 Å². The first-order valence-electron chi connectivity index (χ1n) is 9.56. The summed E-state index contributed by atoms with van der Waals surface area (Å²) in [5, 5.41) is 3.04. The van der Waals surface area contributed by atoms with Crippen LogP contribution in [0, 0.1) is 0 Å². The van der Waals surface area contributed by atoms with Crippen molar-refractivity contribution in [2.24, 2.45) is 0 Å². The highest BCUT2D eigenvalue weighted by Gasteiger charge is 2.11. The Kier molecular flexibility index (Phi) is 6.56. The maximum atomic E-state index is 12.6. The van der Waals surface area contributed by atoms with Gasteiger partial charge in [0.1, 0.15) is 0 Å². The van der Waals surface area contributed by atoms with E-state index in [9.17, 15) is 4.79 Å². The Morgan fingerprint density at radius 3 is 2.50 bits per heavy atom. The highest BCUT2D eigenvalue weighted by molar-refractivity contribution is 5.95. The van der Waals surface area contributed by atoms with Crippen molar-refractivity contribution in [2.75, 3.05) is 20.6 Å². The molecule has 3 aromatic rings. The standard InChI is InChI=1S/C24H27N3O/c1-18(20-8-5-4-6-9-20)15-26-24(28)22-11-7-10-21(14-22)23-13-12-19(16-25-23)17-27(2)3/h4-14,16,18H,15,17H2,1-3H3,(H,26,28). The van der Waals surface area contributed by atoms with Crippen LogP contribution in [0.4, 0.5) is 0 Å². The Morgan fingerprint density at radius 2 is 1.82 bits per heavy atom. The highest BCUT2D eigenvalue weighted by Crippen LogP contribution is 2.19. The van der Waals surface area contributed by atoms with Gasteiger partial charge in [-0.3, -0.25) is 9.78 Å². The van der Waals surface area contributed by atoms with Crippen molar-refractivity contribution >= 4 is 5.91 Å². The Balaban J connectivity index is 1.66. The zero-order chi connectivity index (χ0) is 19.9. The van der Waals surface area contributed by atoms with Crippen LogP contribution in [0.2, 0.25) is 0 Å². The van der Waals surface area contributed by atoms with Crippen LogP contribution in [0.15, 0.2) is 72.9 Å². The monoisotopic (exact) mass is 373 g/mol. The second-order valence-corrected chi connectivity index (χ2v) is 7.39. The topological polar surface area (TPSA) is 45.2 Å². The van der Waals surface area contributed by atoms with Gasteiger partial charge >= 0.3 is 0 Å². The Labute approximate surface area is 167 Å². The summed E-state index contributed by atoms with van der Waals surface area (Å²) in [6, 6.07) is 21.9. The molecule has 28 heavy (non-hydrogen) atoms. The third-order valence-electron chi connectivity index (χ3n) is 4.68. The van der Waals surface area contributed by atoms with Crippen molar-refractivity contribution in [1.82, 2.24) is 15.2 Å². The van der Waals surface area contributed by atoms with Crippen molar-refractivity contribution in [2.45, 2.75) is 19.4 Å². The van der Waals surface area contributed by atoms with E-state index in [0.717, 1.165) is 23.4 Å². The van der Waals surface area contributed by atoms with Crippen LogP contribution >= 0.6 is 0 Å². The largest absolute Gasteiger partial charge is 0.351 e. The lowest BCUT2D eigenvalue weighted by molar-refractivity contribution is 0.0951. The van der Waals surface area contributed by atoms with Crippen LogP contribution < -0.4 is 5.32 Å². The van der Waals surface area contributed by atoms with E-state index < -0.39 is 0 Å². The zero-order valence-electron chi connectivity index (χ0n) is 16.7. The van der Waals surface area contributed by atoms with E-state index in [0.29, 0.717) is 12.1 Å². The van der Waals surface area contributed by atoms with Crippen LogP contribution in [-0.2, 0) is 6.54 Å². The van der Waals surface area contributed by atoms with E-state index in [4.69, 9.17) is 0 Å². The summed E-state index contributed by atoms with van der Waals surface area (Å²) in [6.07, 6.45) is 1.89. The molecule has 0 saturated heterocycles. The molecule has 0 spiro atoms. The third kappa shape index (κ3) is 5.27. The highest BCUT2D eigenvalue weighted by atomic mass is 16.1. The van der Waals surface area contributed by atoms with Gasteiger partial charge in [0, 0.05) is 30.4 Å². The zero-order valence-corrected chi connectivity index (χ0v) is 16.7. The predicted molar refractivity (Wildman–Crippen MR) is 114 cm³/mol. The van der Waals surface area contributed by atoms with Gasteiger partial charge in [-0.25, -0.2) is 0 Å². The summed E-state index contributed by atoms with van der Waals surface area (Å²) in [4.78, 5) is 19.3. The molecule has 1 amide bonds. The molecule has 2 aromatic carbocycles. The maximum absolute atomic E-state index is 12.6. The number of nitrogens with zero attached hydrogens (tertiary/aromatic N) is 2. The molecule has 0 aliphatic rings. The fourth-order valence-electron chi connectivity index (χ4n) is 3.12. The molecule has 0 aliphatic carbocycles. The summed E-state index contributed by atoms with van der Waals surface area (Å²) < 4.78 is 0. The Morgan fingerprint density at radius 1 is 1.04 bits per heavy atom. The lowest BCUT2D eigenvalue weighted by Crippen LogP contribution is -2.27. The fraction of sp³-hybridized carbons (Fsp3) is 0.250. The van der Waals surface area contributed by atoms with E-state index in [-0.39, 0.29) is 11.8 Å². The summed E-state index contributed by atoms with van der Waals surface area (Å²) in [5.41, 5.74) is 4.85. The molecule has 0 fully saturated rings. The quantitative estimate of drug-likeness (QED) is 0.670. The molecule has 1 aromatic heterocycles. The normalized spacial score (nSPS) is 12.0. The van der Waals surface area contributed by atoms with Gasteiger partial charge in [0.2, 0.25) is 0 Å². The molecule has 0 bridgehead atoms. The van der Waals surface area contributed by atoms with Crippen molar-refractivity contribution in [3.8, 4) is 11.3 Å². The van der Waals surface area contributed by atoms with Gasteiger partial charge in [-0.1, -0.05) is 55.5 Å². The second-order valence-electron chi connectivity index (χ2n) is 7.39. The lowest BCUT2D eigenvalue weighted by Gasteiger charge is -2.13. The minimum Gasteiger partial charge on any atom is -0.351 e. The number of hydrogen-bond acceptors (Lipinski definition) is 3. The number of aromatic nitrogens is 1. The van der Waals surface area contributed by atoms with E-state index >= 15 is 0 Å². The number of amides is 1. The van der Waals surface area contributed by atoms with E-state index in [1.807, 2.05) is 68.8 Å². The van der Waals surface area contributed by atoms with Gasteiger partial charge in [-0.05, 0) is 49.3 Å². The van der Waals surface area contributed by atoms with Crippen molar-refractivity contribution < 1.29 is 4.79 Å². The number of rotatable bonds is 7. The van der Waals surface area contributed by atoms with Gasteiger partial charge in [0.15, 0.2) is 0 Å². The van der Waals surface area contributed by atoms with Gasteiger partial charge in [0.05, 0.1) is 5.69 Å². The minimum atomic E-state index is -0.0612. The van der Waals surface area contributed by atoms with Gasteiger partial charge in [-0.2, -0.15) is 0 Å². The number of hydrogen-bond donors (Lipinski definition) is 1. The molecule has 1 unspecified atom stereocenters. The molecule has 0 saturated carbocycles. The SMILES string of the molecule is CC(CNC(=O)c1cccc(-c2ccc(CN(C)C)cn2)c1)c1ccccc1. The van der Waals surface area contributed by atoms with Gasteiger partial charge < -0.3 is 10.2 Å². The lowest BCUT2D eigenvalue weighted by atomic mass is 10.0. The van der Waals surface area contributed by atoms with E-state index in [1.165, 1.54) is 5.56 Å². The van der Waals surface area contributed by atoms with Crippen LogP contribution in [0.3, 0.4) is 0 Å². The van der Waals surface area contributed by atoms with Crippen molar-refractivity contribution in [3.05, 3.63) is 89.6 Å². The Bertz CT molecular complexity index is 905. The van der Waals surface area contributed by atoms with Gasteiger partial charge in [-0.15, -0.1) is 0 Å². The number of benzene rings is 2. The number of pyridine rings is 1. The summed E-state index contributed by atoms with van der Waals surface area (Å²) in [5.74, 6) is 0.202. The fourth-order valence-corrected chi connectivity index (χ4v) is 3.12. The third-order valence-corrected chi connectivity index (χ3v) is 4.68. The van der Waals surface area contributed by atoms with Crippen LogP contribution in [-0.4, -0.2) is 36.4 Å². The molecular weight excluding hydrogens is 346 g/mol. The first-order valence-corrected chi connectivity index (χ1v) is 9.56. The smallest absolute Gasteiger partial charge is 0.251 e. The van der Waals surface area contributed by atoms with E-state index in [1.54, 1.807) is 0 Å². The summed E-state index contributed by atoms with van der Waals surface area (Å²) >= 11 is 0. The molecule has 3 rings (SSSR count). The van der Waals surface area contributed by atoms with Crippen molar-refractivity contribution in [1.29, 1.82) is 0 Å². The number of nitrogens with one attached hydrogen (secondary N) is 1. The molecule has 4 heteroatoms. The molecule has 1 heterocycles.